The number of hydrogen-bond donors (Lipinski definition) is 1. The van der Waals surface area contributed by atoms with E-state index >= 15 is 0 Å². The molecule has 72 valence electrons. The van der Waals surface area contributed by atoms with E-state index in [1.807, 2.05) is 0 Å². The molecule has 0 saturated heterocycles. The molecule has 0 heterocycles. The largest absolute Gasteiger partial charge is 0.393 e. The van der Waals surface area contributed by atoms with Crippen molar-refractivity contribution < 1.29 is 5.11 Å². The normalized spacial score (nSPS) is 13.9. The van der Waals surface area contributed by atoms with E-state index < -0.39 is 0 Å². The van der Waals surface area contributed by atoms with Crippen LogP contribution in [-0.2, 0) is 0 Å². The third-order valence-electron chi connectivity index (χ3n) is 1.92. The van der Waals surface area contributed by atoms with Crippen LogP contribution in [0.25, 0.3) is 0 Å². The summed E-state index contributed by atoms with van der Waals surface area (Å²) in [4.78, 5) is 0. The molecule has 1 nitrogen and oxygen atoms in total. The molecule has 0 aliphatic carbocycles. The molecule has 1 unspecified atom stereocenters. The quantitative estimate of drug-likeness (QED) is 0.581. The average molecular weight is 170 g/mol. The van der Waals surface area contributed by atoms with E-state index in [0.29, 0.717) is 0 Å². The van der Waals surface area contributed by atoms with E-state index in [4.69, 9.17) is 0 Å². The molecule has 0 aliphatic heterocycles. The number of rotatable bonds is 7. The van der Waals surface area contributed by atoms with Crippen LogP contribution < -0.4 is 0 Å². The summed E-state index contributed by atoms with van der Waals surface area (Å²) in [5, 5.41) is 9.43. The van der Waals surface area contributed by atoms with Crippen molar-refractivity contribution in [1.82, 2.24) is 0 Å². The minimum absolute atomic E-state index is 0.113. The number of hydrogen-bond acceptors (Lipinski definition) is 1. The molecule has 0 rings (SSSR count). The third kappa shape index (κ3) is 7.80. The van der Waals surface area contributed by atoms with Gasteiger partial charge in [0.15, 0.2) is 0 Å². The van der Waals surface area contributed by atoms with Crippen LogP contribution in [0.15, 0.2) is 12.2 Å². The highest BCUT2D eigenvalue weighted by atomic mass is 16.3. The maximum absolute atomic E-state index is 9.43. The van der Waals surface area contributed by atoms with Crippen LogP contribution in [0.1, 0.15) is 52.4 Å². The molecule has 0 amide bonds. The number of aliphatic hydroxyl groups excluding tert-OH is 1. The van der Waals surface area contributed by atoms with Crippen LogP contribution in [0.3, 0.4) is 0 Å². The first-order chi connectivity index (χ1) is 5.81. The van der Waals surface area contributed by atoms with Gasteiger partial charge in [-0.3, -0.25) is 0 Å². The van der Waals surface area contributed by atoms with Crippen molar-refractivity contribution in [3.63, 3.8) is 0 Å². The van der Waals surface area contributed by atoms with Crippen molar-refractivity contribution in [2.45, 2.75) is 58.5 Å². The van der Waals surface area contributed by atoms with Gasteiger partial charge in [-0.25, -0.2) is 0 Å². The van der Waals surface area contributed by atoms with Crippen LogP contribution in [-0.4, -0.2) is 11.2 Å². The topological polar surface area (TPSA) is 20.2 Å². The van der Waals surface area contributed by atoms with Gasteiger partial charge >= 0.3 is 0 Å². The van der Waals surface area contributed by atoms with Gasteiger partial charge in [0.2, 0.25) is 0 Å². The summed E-state index contributed by atoms with van der Waals surface area (Å²) in [5.41, 5.74) is 0. The Balaban J connectivity index is 3.23. The lowest BCUT2D eigenvalue weighted by Gasteiger charge is -2.05. The molecule has 1 heteroatoms. The number of unbranched alkanes of at least 4 members (excludes halogenated alkanes) is 2. The maximum Gasteiger partial charge on any atom is 0.0574 e. The van der Waals surface area contributed by atoms with Crippen molar-refractivity contribution >= 4 is 0 Å². The molecule has 0 fully saturated rings. The van der Waals surface area contributed by atoms with Gasteiger partial charge in [0.1, 0.15) is 0 Å². The summed E-state index contributed by atoms with van der Waals surface area (Å²) < 4.78 is 0. The van der Waals surface area contributed by atoms with Gasteiger partial charge in [0, 0.05) is 0 Å². The standard InChI is InChI=1S/C11H22O/c1-3-5-7-8-10-11(12)9-6-4-2/h7-8,11-12H,3-6,9-10H2,1-2H3/b8-7+. The van der Waals surface area contributed by atoms with Crippen LogP contribution in [0.4, 0.5) is 0 Å². The summed E-state index contributed by atoms with van der Waals surface area (Å²) in [6, 6.07) is 0. The highest BCUT2D eigenvalue weighted by molar-refractivity contribution is 4.83. The van der Waals surface area contributed by atoms with Crippen LogP contribution in [0, 0.1) is 0 Å². The minimum atomic E-state index is -0.113. The van der Waals surface area contributed by atoms with E-state index in [1.165, 1.54) is 12.8 Å². The number of allylic oxidation sites excluding steroid dienone is 1. The van der Waals surface area contributed by atoms with E-state index in [1.54, 1.807) is 0 Å². The first-order valence-electron chi connectivity index (χ1n) is 5.14. The lowest BCUT2D eigenvalue weighted by atomic mass is 10.1. The van der Waals surface area contributed by atoms with Crippen molar-refractivity contribution in [3.05, 3.63) is 12.2 Å². The first-order valence-corrected chi connectivity index (χ1v) is 5.14. The van der Waals surface area contributed by atoms with Crippen molar-refractivity contribution in [2.75, 3.05) is 0 Å². The van der Waals surface area contributed by atoms with Crippen LogP contribution in [0.5, 0.6) is 0 Å². The molecule has 1 atom stereocenters. The molecule has 0 spiro atoms. The van der Waals surface area contributed by atoms with Gasteiger partial charge in [0.25, 0.3) is 0 Å². The predicted octanol–water partition coefficient (Wildman–Crippen LogP) is 3.28. The molecule has 0 bridgehead atoms. The van der Waals surface area contributed by atoms with Gasteiger partial charge in [-0.1, -0.05) is 45.3 Å². The van der Waals surface area contributed by atoms with Gasteiger partial charge in [-0.05, 0) is 19.3 Å². The van der Waals surface area contributed by atoms with Crippen molar-refractivity contribution in [2.24, 2.45) is 0 Å². The SMILES string of the molecule is CCC/C=C/CC(O)CCCC. The fourth-order valence-electron chi connectivity index (χ4n) is 1.10. The zero-order valence-corrected chi connectivity index (χ0v) is 8.42. The molecule has 0 aliphatic rings. The fraction of sp³-hybridized carbons (Fsp3) is 0.818. The van der Waals surface area contributed by atoms with Crippen molar-refractivity contribution in [3.8, 4) is 0 Å². The average Bonchev–Trinajstić information content (AvgIpc) is 2.09. The molecule has 0 aromatic carbocycles. The summed E-state index contributed by atoms with van der Waals surface area (Å²) in [5.74, 6) is 0. The van der Waals surface area contributed by atoms with Gasteiger partial charge < -0.3 is 5.11 Å². The Kier molecular flexibility index (Phi) is 8.57. The Hall–Kier alpha value is -0.300. The van der Waals surface area contributed by atoms with Gasteiger partial charge in [0.05, 0.1) is 6.10 Å². The summed E-state index contributed by atoms with van der Waals surface area (Å²) in [7, 11) is 0. The van der Waals surface area contributed by atoms with Crippen LogP contribution in [0.2, 0.25) is 0 Å². The molecule has 0 radical (unpaired) electrons. The van der Waals surface area contributed by atoms with E-state index in [9.17, 15) is 5.11 Å². The zero-order valence-electron chi connectivity index (χ0n) is 8.42. The molecule has 0 aromatic rings. The number of aliphatic hydroxyl groups is 1. The van der Waals surface area contributed by atoms with E-state index in [-0.39, 0.29) is 6.10 Å². The Morgan fingerprint density at radius 2 is 1.92 bits per heavy atom. The Morgan fingerprint density at radius 3 is 2.50 bits per heavy atom. The molecular formula is C11H22O. The first kappa shape index (κ1) is 11.7. The Morgan fingerprint density at radius 1 is 1.17 bits per heavy atom. The molecule has 1 N–H and O–H groups in total. The molecule has 12 heavy (non-hydrogen) atoms. The van der Waals surface area contributed by atoms with Gasteiger partial charge in [-0.15, -0.1) is 0 Å². The second-order valence-electron chi connectivity index (χ2n) is 3.29. The third-order valence-corrected chi connectivity index (χ3v) is 1.92. The summed E-state index contributed by atoms with van der Waals surface area (Å²) in [6.07, 6.45) is 10.6. The van der Waals surface area contributed by atoms with E-state index in [0.717, 1.165) is 25.7 Å². The fourth-order valence-corrected chi connectivity index (χ4v) is 1.10. The smallest absolute Gasteiger partial charge is 0.0574 e. The van der Waals surface area contributed by atoms with Crippen LogP contribution >= 0.6 is 0 Å². The minimum Gasteiger partial charge on any atom is -0.393 e. The second kappa shape index (κ2) is 8.79. The Bertz CT molecular complexity index is 108. The lowest BCUT2D eigenvalue weighted by molar-refractivity contribution is 0.164. The molecule has 0 saturated carbocycles. The zero-order chi connectivity index (χ0) is 9.23. The molecule has 0 aromatic heterocycles. The lowest BCUT2D eigenvalue weighted by Crippen LogP contribution is -2.03. The second-order valence-corrected chi connectivity index (χ2v) is 3.29. The maximum atomic E-state index is 9.43. The Labute approximate surface area is 76.5 Å². The monoisotopic (exact) mass is 170 g/mol. The highest BCUT2D eigenvalue weighted by Crippen LogP contribution is 2.05. The van der Waals surface area contributed by atoms with Crippen molar-refractivity contribution in [1.29, 1.82) is 0 Å². The highest BCUT2D eigenvalue weighted by Gasteiger charge is 1.98. The summed E-state index contributed by atoms with van der Waals surface area (Å²) in [6.45, 7) is 4.32. The van der Waals surface area contributed by atoms with Gasteiger partial charge in [-0.2, -0.15) is 0 Å². The van der Waals surface area contributed by atoms with E-state index in [2.05, 4.69) is 26.0 Å². The summed E-state index contributed by atoms with van der Waals surface area (Å²) >= 11 is 0. The molecular weight excluding hydrogens is 148 g/mol. The predicted molar refractivity (Wildman–Crippen MR) is 54.2 cm³/mol.